The van der Waals surface area contributed by atoms with Crippen LogP contribution in [0.1, 0.15) is 42.6 Å². The lowest BCUT2D eigenvalue weighted by atomic mass is 10.1. The van der Waals surface area contributed by atoms with Gasteiger partial charge in [-0.3, -0.25) is 9.59 Å². The van der Waals surface area contributed by atoms with Crippen molar-refractivity contribution in [1.29, 1.82) is 0 Å². The van der Waals surface area contributed by atoms with E-state index in [0.29, 0.717) is 39.2 Å². The van der Waals surface area contributed by atoms with Gasteiger partial charge in [0, 0.05) is 47.8 Å². The molecule has 2 aromatic carbocycles. The number of piperazine rings is 1. The minimum absolute atomic E-state index is 0.0149. The number of pyridine rings is 1. The van der Waals surface area contributed by atoms with E-state index in [1.54, 1.807) is 39.7 Å². The molecule has 0 spiro atoms. The quantitative estimate of drug-likeness (QED) is 0.339. The van der Waals surface area contributed by atoms with E-state index < -0.39 is 11.3 Å². The number of rotatable bonds is 6. The van der Waals surface area contributed by atoms with Crippen LogP contribution in [0.15, 0.2) is 41.3 Å². The Hall–Kier alpha value is -2.52. The number of methoxy groups -OCH3 is 1. The van der Waals surface area contributed by atoms with Crippen LogP contribution in [0.2, 0.25) is 10.0 Å². The number of fused-ring (bicyclic) bond motifs is 1. The molecular weight excluding hydrogens is 554 g/mol. The second-order valence-electron chi connectivity index (χ2n) is 10.0. The fraction of sp³-hybridized carbons (Fsp3) is 0.407. The molecule has 5 rings (SSSR count). The smallest absolute Gasteiger partial charge is 0.260 e. The summed E-state index contributed by atoms with van der Waals surface area (Å²) in [7, 11) is 1.44. The molecule has 0 bridgehead atoms. The molecular formula is C27H28Cl3FN4O3. The lowest BCUT2D eigenvalue weighted by Crippen LogP contribution is -2.53. The van der Waals surface area contributed by atoms with Gasteiger partial charge in [0.25, 0.3) is 5.91 Å². The van der Waals surface area contributed by atoms with Crippen molar-refractivity contribution in [3.8, 4) is 5.75 Å². The van der Waals surface area contributed by atoms with E-state index in [1.807, 2.05) is 13.8 Å². The van der Waals surface area contributed by atoms with Gasteiger partial charge < -0.3 is 14.5 Å². The van der Waals surface area contributed by atoms with E-state index in [4.69, 9.17) is 39.7 Å². The van der Waals surface area contributed by atoms with Crippen molar-refractivity contribution >= 4 is 57.5 Å². The first-order chi connectivity index (χ1) is 18.1. The van der Waals surface area contributed by atoms with Crippen LogP contribution in [-0.4, -0.2) is 58.3 Å². The van der Waals surface area contributed by atoms with E-state index in [1.165, 1.54) is 7.11 Å². The second kappa shape index (κ2) is 10.6. The molecule has 1 aliphatic heterocycles. The first-order valence-corrected chi connectivity index (χ1v) is 13.6. The number of hydrogen-bond donors (Lipinski definition) is 0. The van der Waals surface area contributed by atoms with Crippen molar-refractivity contribution in [2.24, 2.45) is 0 Å². The van der Waals surface area contributed by atoms with Crippen LogP contribution < -0.4 is 15.1 Å². The first kappa shape index (κ1) is 27.1. The first-order valence-electron chi connectivity index (χ1n) is 12.5. The Balaban J connectivity index is 1.54. The number of hydrogen-bond acceptors (Lipinski definition) is 5. The molecule has 1 saturated carbocycles. The molecule has 3 aromatic rings. The summed E-state index contributed by atoms with van der Waals surface area (Å²) in [6.45, 7) is 5.41. The summed E-state index contributed by atoms with van der Waals surface area (Å²) in [6, 6.07) is 8.41. The minimum Gasteiger partial charge on any atom is -0.492 e. The number of ether oxygens (including phenoxy) is 1. The Morgan fingerprint density at radius 1 is 1.13 bits per heavy atom. The van der Waals surface area contributed by atoms with E-state index in [0.717, 1.165) is 19.0 Å². The summed E-state index contributed by atoms with van der Waals surface area (Å²) < 4.78 is 23.1. The van der Waals surface area contributed by atoms with Gasteiger partial charge in [0.2, 0.25) is 5.43 Å². The van der Waals surface area contributed by atoms with Gasteiger partial charge in [-0.05, 0) is 68.3 Å². The number of carbonyl (C=O) groups excluding carboxylic acids is 1. The van der Waals surface area contributed by atoms with E-state index in [2.05, 4.69) is 4.90 Å². The van der Waals surface area contributed by atoms with Crippen molar-refractivity contribution in [2.45, 2.75) is 51.4 Å². The number of benzene rings is 2. The number of halogens is 4. The fourth-order valence-electron chi connectivity index (χ4n) is 5.18. The molecule has 0 N–H and O–H groups in total. The van der Waals surface area contributed by atoms with Crippen LogP contribution in [-0.2, 0) is 6.54 Å². The van der Waals surface area contributed by atoms with Gasteiger partial charge in [0.15, 0.2) is 5.75 Å². The van der Waals surface area contributed by atoms with Crippen LogP contribution in [0.5, 0.6) is 5.75 Å². The fourth-order valence-corrected chi connectivity index (χ4v) is 5.77. The van der Waals surface area contributed by atoms with Gasteiger partial charge >= 0.3 is 0 Å². The zero-order chi connectivity index (χ0) is 27.3. The van der Waals surface area contributed by atoms with Gasteiger partial charge in [-0.25, -0.2) is 4.42 Å². The molecule has 1 amide bonds. The van der Waals surface area contributed by atoms with Gasteiger partial charge in [-0.1, -0.05) is 33.7 Å². The van der Waals surface area contributed by atoms with E-state index in [-0.39, 0.29) is 46.9 Å². The predicted molar refractivity (Wildman–Crippen MR) is 149 cm³/mol. The molecule has 38 heavy (non-hydrogen) atoms. The lowest BCUT2D eigenvalue weighted by molar-refractivity contribution is 0.0727. The Labute approximate surface area is 235 Å². The summed E-state index contributed by atoms with van der Waals surface area (Å²) in [5.74, 6) is -0.309. The minimum atomic E-state index is -0.552. The third-order valence-corrected chi connectivity index (χ3v) is 8.50. The largest absolute Gasteiger partial charge is 0.492 e. The Bertz CT molecular complexity index is 1450. The highest BCUT2D eigenvalue weighted by Gasteiger charge is 2.36. The molecule has 2 atom stereocenters. The maximum Gasteiger partial charge on any atom is 0.260 e. The lowest BCUT2D eigenvalue weighted by Gasteiger charge is -2.42. The SMILES string of the molecule is COc1c(N2CC(C)N(Cl)C(C)C2)ccc2c(=O)c(C(=O)N(Cc3ccc(Cl)cc3Cl)C3CC3)cn(F)c12. The standard InChI is InChI=1S/C27H28Cl3FN4O3/c1-15-11-32(12-16(2)35(15)30)23-9-8-20-24(26(23)38-3)34(31)14-21(25(20)36)27(37)33(19-6-7-19)13-17-4-5-18(28)10-22(17)29/h4-5,8-10,14-16,19H,6-7,11-13H2,1-3H3. The molecule has 1 aliphatic carbocycles. The number of nitrogens with zero attached hydrogens (tertiary/aromatic N) is 4. The topological polar surface area (TPSA) is 58.0 Å². The Morgan fingerprint density at radius 3 is 2.42 bits per heavy atom. The molecule has 2 aliphatic rings. The zero-order valence-electron chi connectivity index (χ0n) is 21.3. The molecule has 2 heterocycles. The maximum absolute atomic E-state index is 15.7. The second-order valence-corrected chi connectivity index (χ2v) is 11.3. The Morgan fingerprint density at radius 2 is 1.82 bits per heavy atom. The number of aromatic nitrogens is 1. The van der Waals surface area contributed by atoms with E-state index >= 15 is 4.48 Å². The van der Waals surface area contributed by atoms with Gasteiger partial charge in [0.1, 0.15) is 11.1 Å². The molecule has 1 saturated heterocycles. The third-order valence-electron chi connectivity index (χ3n) is 7.25. The number of anilines is 1. The highest BCUT2D eigenvalue weighted by Crippen LogP contribution is 2.38. The van der Waals surface area contributed by atoms with Gasteiger partial charge in [-0.15, -0.1) is 0 Å². The molecule has 202 valence electrons. The molecule has 0 radical (unpaired) electrons. The van der Waals surface area contributed by atoms with Gasteiger partial charge in [0.05, 0.1) is 24.4 Å². The maximum atomic E-state index is 15.7. The van der Waals surface area contributed by atoms with Crippen molar-refractivity contribution in [3.05, 3.63) is 67.9 Å². The highest BCUT2D eigenvalue weighted by atomic mass is 35.5. The zero-order valence-corrected chi connectivity index (χ0v) is 23.5. The predicted octanol–water partition coefficient (Wildman–Crippen LogP) is 5.91. The van der Waals surface area contributed by atoms with E-state index in [9.17, 15) is 9.59 Å². The van der Waals surface area contributed by atoms with Crippen LogP contribution in [0.25, 0.3) is 10.9 Å². The molecule has 1 aromatic heterocycles. The normalized spacial score (nSPS) is 20.1. The number of amides is 1. The summed E-state index contributed by atoms with van der Waals surface area (Å²) >= 11 is 18.7. The van der Waals surface area contributed by atoms with Crippen molar-refractivity contribution in [1.82, 2.24) is 14.1 Å². The summed E-state index contributed by atoms with van der Waals surface area (Å²) in [6.07, 6.45) is 2.57. The molecule has 2 unspecified atom stereocenters. The van der Waals surface area contributed by atoms with Crippen LogP contribution in [0, 0.1) is 0 Å². The molecule has 2 fully saturated rings. The van der Waals surface area contributed by atoms with Crippen molar-refractivity contribution in [2.75, 3.05) is 25.1 Å². The van der Waals surface area contributed by atoms with Crippen LogP contribution in [0.4, 0.5) is 10.2 Å². The monoisotopic (exact) mass is 580 g/mol. The summed E-state index contributed by atoms with van der Waals surface area (Å²) in [5, 5.41) is 0.976. The third kappa shape index (κ3) is 4.95. The molecule has 11 heteroatoms. The Kier molecular flexibility index (Phi) is 7.52. The van der Waals surface area contributed by atoms with Crippen molar-refractivity contribution < 1.29 is 14.0 Å². The number of carbonyl (C=O) groups is 1. The molecule has 7 nitrogen and oxygen atoms in total. The average molecular weight is 582 g/mol. The van der Waals surface area contributed by atoms with Crippen LogP contribution in [0.3, 0.4) is 0 Å². The van der Waals surface area contributed by atoms with Gasteiger partial charge in [-0.2, -0.15) is 4.79 Å². The summed E-state index contributed by atoms with van der Waals surface area (Å²) in [5.41, 5.74) is 0.544. The van der Waals surface area contributed by atoms with Crippen molar-refractivity contribution in [3.63, 3.8) is 0 Å². The average Bonchev–Trinajstić information content (AvgIpc) is 3.72. The summed E-state index contributed by atoms with van der Waals surface area (Å²) in [4.78, 5) is 31.2. The highest BCUT2D eigenvalue weighted by molar-refractivity contribution is 6.35. The van der Waals surface area contributed by atoms with Crippen LogP contribution >= 0.6 is 35.0 Å².